The summed E-state index contributed by atoms with van der Waals surface area (Å²) in [7, 11) is 0. The first-order valence-corrected chi connectivity index (χ1v) is 35.4. The number of ether oxygens (including phenoxy) is 1. The van der Waals surface area contributed by atoms with Crippen LogP contribution >= 0.6 is 0 Å². The summed E-state index contributed by atoms with van der Waals surface area (Å²) in [6.45, 7) is 4.92. The number of hydrogen-bond donors (Lipinski definition) is 3. The smallest absolute Gasteiger partial charge is 0.305 e. The standard InChI is InChI=1S/C73H137NO5/c1-3-5-7-9-11-13-15-17-19-34-39-43-47-51-55-59-63-67-73(78)79-68-64-60-56-52-48-44-40-36-33-31-29-27-25-23-21-22-24-26-28-30-32-35-38-42-46-50-54-58-62-66-72(77)74-70(69-75)71(76)65-61-57-53-49-45-41-37-20-18-16-14-12-10-8-6-4-2/h17,19,21,23,27,29,61,65,70-71,75-76H,3-16,18,20,22,24-26,28,30-60,62-64,66-69H2,1-2H3,(H,74,77)/b19-17-,23-21-,29-27-,65-61+. The molecule has 0 aromatic carbocycles. The minimum Gasteiger partial charge on any atom is -0.466 e. The maximum atomic E-state index is 12.5. The quantitative estimate of drug-likeness (QED) is 0.0320. The second kappa shape index (κ2) is 68.3. The molecule has 0 aromatic rings. The zero-order chi connectivity index (χ0) is 57.1. The van der Waals surface area contributed by atoms with Crippen LogP contribution in [0.4, 0.5) is 0 Å². The van der Waals surface area contributed by atoms with Gasteiger partial charge in [0, 0.05) is 12.8 Å². The topological polar surface area (TPSA) is 95.9 Å². The first kappa shape index (κ1) is 76.8. The number of unbranched alkanes of at least 4 members (excludes halogenated alkanes) is 49. The SMILES string of the molecule is CCCCCCCC/C=C\CCCCCCCCCC(=O)OCCCCCCCCCCC/C=C\C/C=C\CCCCCCCCCCCCCCCC(=O)NC(CO)C(O)/C=C/CCCCCCCCCCCCCCCC. The Bertz CT molecular complexity index is 1320. The van der Waals surface area contributed by atoms with Gasteiger partial charge < -0.3 is 20.3 Å². The molecule has 2 unspecified atom stereocenters. The Balaban J connectivity index is 3.42. The predicted molar refractivity (Wildman–Crippen MR) is 347 cm³/mol. The van der Waals surface area contributed by atoms with Crippen molar-refractivity contribution in [2.75, 3.05) is 13.2 Å². The second-order valence-electron chi connectivity index (χ2n) is 24.2. The average Bonchev–Trinajstić information content (AvgIpc) is 3.45. The number of aliphatic hydroxyl groups excluding tert-OH is 2. The number of aliphatic hydroxyl groups is 2. The van der Waals surface area contributed by atoms with E-state index in [1.165, 1.54) is 302 Å². The molecule has 0 radical (unpaired) electrons. The summed E-state index contributed by atoms with van der Waals surface area (Å²) in [4.78, 5) is 24.6. The first-order chi connectivity index (χ1) is 39.0. The molecular formula is C73H137NO5. The number of nitrogens with one attached hydrogen (secondary N) is 1. The van der Waals surface area contributed by atoms with E-state index in [0.29, 0.717) is 19.4 Å². The highest BCUT2D eigenvalue weighted by atomic mass is 16.5. The zero-order valence-electron chi connectivity index (χ0n) is 53.1. The van der Waals surface area contributed by atoms with Gasteiger partial charge in [0.05, 0.1) is 25.4 Å². The lowest BCUT2D eigenvalue weighted by molar-refractivity contribution is -0.143. The Labute approximate surface area is 493 Å². The van der Waals surface area contributed by atoms with Crippen molar-refractivity contribution in [3.8, 4) is 0 Å². The van der Waals surface area contributed by atoms with Gasteiger partial charge in [-0.2, -0.15) is 0 Å². The van der Waals surface area contributed by atoms with Crippen LogP contribution < -0.4 is 5.32 Å². The van der Waals surface area contributed by atoms with E-state index in [4.69, 9.17) is 4.74 Å². The van der Waals surface area contributed by atoms with Crippen molar-refractivity contribution >= 4 is 11.9 Å². The third-order valence-corrected chi connectivity index (χ3v) is 16.3. The maximum absolute atomic E-state index is 12.5. The van der Waals surface area contributed by atoms with E-state index in [0.717, 1.165) is 51.4 Å². The Morgan fingerprint density at radius 2 is 0.633 bits per heavy atom. The van der Waals surface area contributed by atoms with Gasteiger partial charge >= 0.3 is 5.97 Å². The lowest BCUT2D eigenvalue weighted by atomic mass is 10.0. The van der Waals surface area contributed by atoms with Crippen LogP contribution in [-0.4, -0.2) is 47.4 Å². The summed E-state index contributed by atoms with van der Waals surface area (Å²) in [5.74, 6) is -0.0586. The van der Waals surface area contributed by atoms with Crippen molar-refractivity contribution in [1.29, 1.82) is 0 Å². The van der Waals surface area contributed by atoms with E-state index in [1.54, 1.807) is 6.08 Å². The fraction of sp³-hybridized carbons (Fsp3) is 0.863. The second-order valence-corrected chi connectivity index (χ2v) is 24.2. The highest BCUT2D eigenvalue weighted by Crippen LogP contribution is 2.18. The molecule has 0 heterocycles. The Hall–Kier alpha value is -2.18. The summed E-state index contributed by atoms with van der Waals surface area (Å²) in [6, 6.07) is -0.629. The largest absolute Gasteiger partial charge is 0.466 e. The van der Waals surface area contributed by atoms with Crippen LogP contribution in [0.5, 0.6) is 0 Å². The van der Waals surface area contributed by atoms with Gasteiger partial charge in [0.1, 0.15) is 0 Å². The van der Waals surface area contributed by atoms with Crippen LogP contribution in [0.15, 0.2) is 48.6 Å². The van der Waals surface area contributed by atoms with E-state index >= 15 is 0 Å². The van der Waals surface area contributed by atoms with Gasteiger partial charge in [-0.15, -0.1) is 0 Å². The molecule has 0 saturated heterocycles. The van der Waals surface area contributed by atoms with Crippen molar-refractivity contribution < 1.29 is 24.5 Å². The predicted octanol–water partition coefficient (Wildman–Crippen LogP) is 22.9. The monoisotopic (exact) mass is 1110 g/mol. The fourth-order valence-corrected chi connectivity index (χ4v) is 10.9. The zero-order valence-corrected chi connectivity index (χ0v) is 53.1. The number of allylic oxidation sites excluding steroid dienone is 7. The normalized spacial score (nSPS) is 12.8. The number of amides is 1. The van der Waals surface area contributed by atoms with Crippen LogP contribution in [0.25, 0.3) is 0 Å². The van der Waals surface area contributed by atoms with E-state index in [2.05, 4.69) is 55.6 Å². The highest BCUT2D eigenvalue weighted by molar-refractivity contribution is 5.76. The van der Waals surface area contributed by atoms with E-state index < -0.39 is 12.1 Å². The molecule has 0 bridgehead atoms. The number of esters is 1. The molecule has 0 rings (SSSR count). The number of hydrogen-bond acceptors (Lipinski definition) is 5. The van der Waals surface area contributed by atoms with Crippen molar-refractivity contribution in [1.82, 2.24) is 5.32 Å². The van der Waals surface area contributed by atoms with Crippen molar-refractivity contribution in [2.45, 2.75) is 392 Å². The minimum absolute atomic E-state index is 0.00849. The van der Waals surface area contributed by atoms with Gasteiger partial charge in [0.15, 0.2) is 0 Å². The molecule has 0 aliphatic rings. The molecule has 0 aliphatic heterocycles. The molecule has 6 heteroatoms. The number of rotatable bonds is 66. The van der Waals surface area contributed by atoms with E-state index in [-0.39, 0.29) is 18.5 Å². The summed E-state index contributed by atoms with van der Waals surface area (Å²) >= 11 is 0. The summed E-state index contributed by atoms with van der Waals surface area (Å²) in [5, 5.41) is 23.2. The van der Waals surface area contributed by atoms with Crippen molar-refractivity contribution in [3.05, 3.63) is 48.6 Å². The van der Waals surface area contributed by atoms with Gasteiger partial charge in [0.25, 0.3) is 0 Å². The van der Waals surface area contributed by atoms with Crippen LogP contribution in [0, 0.1) is 0 Å². The Morgan fingerprint density at radius 1 is 0.354 bits per heavy atom. The fourth-order valence-electron chi connectivity index (χ4n) is 10.9. The van der Waals surface area contributed by atoms with Gasteiger partial charge in [-0.3, -0.25) is 9.59 Å². The maximum Gasteiger partial charge on any atom is 0.305 e. The van der Waals surface area contributed by atoms with E-state index in [1.807, 2.05) is 6.08 Å². The summed E-state index contributed by atoms with van der Waals surface area (Å²) in [5.41, 5.74) is 0. The highest BCUT2D eigenvalue weighted by Gasteiger charge is 2.18. The van der Waals surface area contributed by atoms with E-state index in [9.17, 15) is 19.8 Å². The molecule has 3 N–H and O–H groups in total. The lowest BCUT2D eigenvalue weighted by Gasteiger charge is -2.20. The van der Waals surface area contributed by atoms with Crippen molar-refractivity contribution in [3.63, 3.8) is 0 Å². The molecule has 0 spiro atoms. The number of carbonyl (C=O) groups excluding carboxylic acids is 2. The van der Waals surface area contributed by atoms with Crippen LogP contribution in [0.1, 0.15) is 380 Å². The Morgan fingerprint density at radius 3 is 0.975 bits per heavy atom. The summed E-state index contributed by atoms with van der Waals surface area (Å²) < 4.78 is 5.50. The van der Waals surface area contributed by atoms with Crippen LogP contribution in [0.2, 0.25) is 0 Å². The molecule has 2 atom stereocenters. The third-order valence-electron chi connectivity index (χ3n) is 16.3. The molecule has 79 heavy (non-hydrogen) atoms. The molecule has 6 nitrogen and oxygen atoms in total. The molecule has 1 amide bonds. The minimum atomic E-state index is -0.846. The summed E-state index contributed by atoms with van der Waals surface area (Å²) in [6.07, 6.45) is 89.0. The van der Waals surface area contributed by atoms with Crippen molar-refractivity contribution in [2.24, 2.45) is 0 Å². The number of carbonyl (C=O) groups is 2. The van der Waals surface area contributed by atoms with Gasteiger partial charge in [-0.25, -0.2) is 0 Å². The molecule has 464 valence electrons. The third kappa shape index (κ3) is 64.8. The first-order valence-electron chi connectivity index (χ1n) is 35.4. The average molecular weight is 1110 g/mol. The molecule has 0 saturated carbocycles. The Kier molecular flexibility index (Phi) is 66.4. The van der Waals surface area contributed by atoms with Gasteiger partial charge in [-0.1, -0.05) is 326 Å². The van der Waals surface area contributed by atoms with Crippen LogP contribution in [0.3, 0.4) is 0 Å². The molecule has 0 aromatic heterocycles. The molecule has 0 fully saturated rings. The van der Waals surface area contributed by atoms with Gasteiger partial charge in [0.2, 0.25) is 5.91 Å². The molecule has 0 aliphatic carbocycles. The van der Waals surface area contributed by atoms with Crippen LogP contribution in [-0.2, 0) is 14.3 Å². The van der Waals surface area contributed by atoms with Gasteiger partial charge in [-0.05, 0) is 89.9 Å². The lowest BCUT2D eigenvalue weighted by Crippen LogP contribution is -2.45. The molecular weight excluding hydrogens is 971 g/mol.